The molecule has 7 rings (SSSR count). The van der Waals surface area contributed by atoms with Crippen LogP contribution in [0.25, 0.3) is 11.3 Å². The number of halogens is 2. The molecule has 2 atom stereocenters. The van der Waals surface area contributed by atoms with Gasteiger partial charge < -0.3 is 50.1 Å². The minimum atomic E-state index is -1.04. The van der Waals surface area contributed by atoms with E-state index in [4.69, 9.17) is 39.9 Å². The van der Waals surface area contributed by atoms with Crippen molar-refractivity contribution in [2.75, 3.05) is 90.1 Å². The van der Waals surface area contributed by atoms with Crippen LogP contribution < -0.4 is 26.8 Å². The maximum atomic E-state index is 14.1. The van der Waals surface area contributed by atoms with E-state index in [1.54, 1.807) is 24.3 Å². The first-order valence-electron chi connectivity index (χ1n) is 21.6. The van der Waals surface area contributed by atoms with E-state index in [0.717, 1.165) is 11.0 Å². The van der Waals surface area contributed by atoms with Crippen molar-refractivity contribution in [2.45, 2.75) is 37.8 Å². The zero-order valence-corrected chi connectivity index (χ0v) is 36.3. The third-order valence-corrected chi connectivity index (χ3v) is 11.0. The van der Waals surface area contributed by atoms with Gasteiger partial charge in [-0.1, -0.05) is 6.07 Å². The van der Waals surface area contributed by atoms with E-state index >= 15 is 0 Å². The summed E-state index contributed by atoms with van der Waals surface area (Å²) in [5, 5.41) is 9.93. The monoisotopic (exact) mass is 932 g/mol. The largest absolute Gasteiger partial charge is 0.454 e. The molecule has 4 aromatic rings. The van der Waals surface area contributed by atoms with Crippen molar-refractivity contribution in [2.24, 2.45) is 5.73 Å². The summed E-state index contributed by atoms with van der Waals surface area (Å²) in [6.45, 7) is 3.30. The Labute approximate surface area is 382 Å². The van der Waals surface area contributed by atoms with E-state index in [2.05, 4.69) is 15.7 Å². The minimum Gasteiger partial charge on any atom is -0.454 e. The number of anilines is 2. The fourth-order valence-electron chi connectivity index (χ4n) is 7.82. The first-order chi connectivity index (χ1) is 32.4. The summed E-state index contributed by atoms with van der Waals surface area (Å²) < 4.78 is 62.0. The molecule has 3 aliphatic rings. The number of aromatic nitrogens is 2. The lowest BCUT2D eigenvalue weighted by Gasteiger charge is -2.32. The van der Waals surface area contributed by atoms with Gasteiger partial charge in [0.15, 0.2) is 11.6 Å². The summed E-state index contributed by atoms with van der Waals surface area (Å²) in [4.78, 5) is 78.1. The molecule has 4 heterocycles. The van der Waals surface area contributed by atoms with Crippen LogP contribution in [0, 0.1) is 11.6 Å². The highest BCUT2D eigenvalue weighted by Crippen LogP contribution is 2.35. The normalized spacial score (nSPS) is 17.1. The maximum absolute atomic E-state index is 14.1. The first-order valence-corrected chi connectivity index (χ1v) is 21.6. The van der Waals surface area contributed by atoms with Crippen LogP contribution in [0.1, 0.15) is 62.8 Å². The number of carbonyl (C=O) groups is 6. The van der Waals surface area contributed by atoms with Crippen LogP contribution in [0.2, 0.25) is 0 Å². The Bertz CT molecular complexity index is 2470. The number of nitrogens with two attached hydrogens (primary N) is 2. The number of imide groups is 2. The average Bonchev–Trinajstić information content (AvgIpc) is 3.79. The van der Waals surface area contributed by atoms with E-state index < -0.39 is 53.3 Å². The number of hydrogen-bond donors (Lipinski definition) is 4. The lowest BCUT2D eigenvalue weighted by molar-refractivity contribution is -0.136. The summed E-state index contributed by atoms with van der Waals surface area (Å²) in [6, 6.07) is 12.7. The van der Waals surface area contributed by atoms with Crippen LogP contribution in [0.3, 0.4) is 0 Å². The summed E-state index contributed by atoms with van der Waals surface area (Å²) in [6.07, 6.45) is 0.821. The van der Waals surface area contributed by atoms with Crippen molar-refractivity contribution in [3.05, 3.63) is 89.0 Å². The molecule has 2 saturated heterocycles. The molecule has 0 radical (unpaired) electrons. The molecular weight excluding hydrogens is 883 g/mol. The molecule has 2 fully saturated rings. The summed E-state index contributed by atoms with van der Waals surface area (Å²) in [7, 11) is 0. The van der Waals surface area contributed by atoms with Crippen LogP contribution in [0.15, 0.2) is 60.7 Å². The standard InChI is InChI=1S/C45H50F2N8O12/c46-28-8-12-35(32(47)25-28)67-30-9-6-27(7-10-30)39-38(41(49)57)40(48)55(52-39)29-3-2-15-53(26-29)45(61)66-24-23-65-22-21-64-20-19-63-18-17-62-16-14-50-33-5-1-4-31-37(33)44(60)54(43(31)59)34-11-13-36(56)51-42(34)58/h1,4-10,12,25,29,34,50H,2-3,11,13-24,26,48H2,(H2,49,57)(H,51,56,58)/t29-,34?/m1/s1. The highest BCUT2D eigenvalue weighted by molar-refractivity contribution is 6.25. The number of hydrogen-bond acceptors (Lipinski definition) is 15. The Morgan fingerprint density at radius 2 is 1.52 bits per heavy atom. The van der Waals surface area contributed by atoms with Gasteiger partial charge >= 0.3 is 6.09 Å². The Balaban J connectivity index is 0.733. The molecular formula is C45H50F2N8O12. The Morgan fingerprint density at radius 1 is 0.836 bits per heavy atom. The van der Waals surface area contributed by atoms with E-state index in [1.165, 1.54) is 33.8 Å². The molecule has 6 N–H and O–H groups in total. The quantitative estimate of drug-likeness (QED) is 0.0648. The van der Waals surface area contributed by atoms with Crippen molar-refractivity contribution in [3.8, 4) is 22.8 Å². The summed E-state index contributed by atoms with van der Waals surface area (Å²) >= 11 is 0. The molecule has 6 amide bonds. The van der Waals surface area contributed by atoms with Crippen LogP contribution in [0.5, 0.6) is 11.5 Å². The molecule has 1 aromatic heterocycles. The number of rotatable bonds is 22. The number of benzene rings is 3. The fourth-order valence-corrected chi connectivity index (χ4v) is 7.82. The lowest BCUT2D eigenvalue weighted by Crippen LogP contribution is -2.54. The van der Waals surface area contributed by atoms with Gasteiger partial charge in [-0.3, -0.25) is 34.2 Å². The first kappa shape index (κ1) is 47.9. The third-order valence-electron chi connectivity index (χ3n) is 11.0. The van der Waals surface area contributed by atoms with Crippen molar-refractivity contribution < 1.29 is 66.0 Å². The van der Waals surface area contributed by atoms with Gasteiger partial charge in [-0.05, 0) is 67.8 Å². The molecule has 0 saturated carbocycles. The number of piperidine rings is 2. The molecule has 0 bridgehead atoms. The molecule has 3 aromatic carbocycles. The SMILES string of the molecule is NC(=O)c1c(-c2ccc(Oc3ccc(F)cc3F)cc2)nn([C@@H]2CCCN(C(=O)OCCOCCOCCOCCOCCNc3cccc4c3C(=O)N(C3CCC(=O)NC3=O)C4=O)C2)c1N. The number of nitrogens with zero attached hydrogens (tertiary/aromatic N) is 4. The molecule has 3 aliphatic heterocycles. The van der Waals surface area contributed by atoms with Crippen molar-refractivity contribution in [1.29, 1.82) is 0 Å². The van der Waals surface area contributed by atoms with Gasteiger partial charge in [-0.25, -0.2) is 18.3 Å². The molecule has 356 valence electrons. The number of fused-ring (bicyclic) bond motifs is 1. The highest BCUT2D eigenvalue weighted by Gasteiger charge is 2.45. The molecule has 0 aliphatic carbocycles. The number of likely N-dealkylation sites (tertiary alicyclic amines) is 1. The van der Waals surface area contributed by atoms with Crippen LogP contribution in [0.4, 0.5) is 25.1 Å². The van der Waals surface area contributed by atoms with Gasteiger partial charge in [-0.2, -0.15) is 5.10 Å². The molecule has 20 nitrogen and oxygen atoms in total. The number of ether oxygens (including phenoxy) is 6. The second-order valence-corrected chi connectivity index (χ2v) is 15.5. The number of nitrogens with one attached hydrogen (secondary N) is 2. The second-order valence-electron chi connectivity index (χ2n) is 15.5. The maximum Gasteiger partial charge on any atom is 0.409 e. The summed E-state index contributed by atoms with van der Waals surface area (Å²) in [5.74, 6) is -4.51. The molecule has 67 heavy (non-hydrogen) atoms. The molecule has 1 unspecified atom stereocenters. The molecule has 22 heteroatoms. The van der Waals surface area contributed by atoms with Gasteiger partial charge in [0.05, 0.1) is 70.0 Å². The van der Waals surface area contributed by atoms with Gasteiger partial charge in [-0.15, -0.1) is 0 Å². The smallest absolute Gasteiger partial charge is 0.409 e. The van der Waals surface area contributed by atoms with Crippen LogP contribution >= 0.6 is 0 Å². The number of carbonyl (C=O) groups excluding carboxylic acids is 6. The van der Waals surface area contributed by atoms with Crippen LogP contribution in [-0.2, 0) is 33.3 Å². The topological polar surface area (TPSA) is 258 Å². The van der Waals surface area contributed by atoms with Gasteiger partial charge in [0.1, 0.15) is 41.3 Å². The van der Waals surface area contributed by atoms with E-state index in [9.17, 15) is 37.5 Å². The minimum absolute atomic E-state index is 0.0121. The second kappa shape index (κ2) is 22.5. The van der Waals surface area contributed by atoms with E-state index in [1.807, 2.05) is 0 Å². The lowest BCUT2D eigenvalue weighted by atomic mass is 10.0. The van der Waals surface area contributed by atoms with E-state index in [-0.39, 0.29) is 91.6 Å². The predicted molar refractivity (Wildman–Crippen MR) is 233 cm³/mol. The van der Waals surface area contributed by atoms with Gasteiger partial charge in [0.25, 0.3) is 17.7 Å². The molecule has 0 spiro atoms. The van der Waals surface area contributed by atoms with Gasteiger partial charge in [0.2, 0.25) is 11.8 Å². The number of nitrogen functional groups attached to an aromatic ring is 1. The fraction of sp³-hybridized carbons (Fsp3) is 0.400. The Kier molecular flexibility index (Phi) is 16.1. The Morgan fingerprint density at radius 3 is 2.19 bits per heavy atom. The van der Waals surface area contributed by atoms with Gasteiger partial charge in [0, 0.05) is 43.4 Å². The predicted octanol–water partition coefficient (Wildman–Crippen LogP) is 3.65. The van der Waals surface area contributed by atoms with Crippen LogP contribution in [-0.4, -0.2) is 140 Å². The third kappa shape index (κ3) is 11.7. The zero-order chi connectivity index (χ0) is 47.5. The Hall–Kier alpha value is -7.01. The van der Waals surface area contributed by atoms with Crippen molar-refractivity contribution in [3.63, 3.8) is 0 Å². The average molecular weight is 933 g/mol. The van der Waals surface area contributed by atoms with Crippen molar-refractivity contribution >= 4 is 47.1 Å². The number of primary amides is 1. The highest BCUT2D eigenvalue weighted by atomic mass is 19.1. The van der Waals surface area contributed by atoms with E-state index in [0.29, 0.717) is 76.3 Å². The number of amides is 6. The van der Waals surface area contributed by atoms with Crippen molar-refractivity contribution in [1.82, 2.24) is 24.9 Å². The summed E-state index contributed by atoms with van der Waals surface area (Å²) in [5.41, 5.74) is 13.7. The zero-order valence-electron chi connectivity index (χ0n) is 36.3.